The lowest BCUT2D eigenvalue weighted by atomic mass is 9.81. The van der Waals surface area contributed by atoms with Crippen LogP contribution in [0.3, 0.4) is 0 Å². The van der Waals surface area contributed by atoms with Crippen molar-refractivity contribution in [1.82, 2.24) is 19.9 Å². The van der Waals surface area contributed by atoms with Crippen LogP contribution in [0.4, 0.5) is 17.5 Å². The first-order valence-electron chi connectivity index (χ1n) is 18.5. The van der Waals surface area contributed by atoms with Crippen LogP contribution in [0.25, 0.3) is 11.1 Å². The lowest BCUT2D eigenvalue weighted by Gasteiger charge is -2.41. The molecule has 268 valence electrons. The summed E-state index contributed by atoms with van der Waals surface area (Å²) >= 11 is 0. The van der Waals surface area contributed by atoms with Crippen LogP contribution in [0.5, 0.6) is 0 Å². The first kappa shape index (κ1) is 34.7. The van der Waals surface area contributed by atoms with Crippen molar-refractivity contribution in [2.45, 2.75) is 111 Å². The number of carboxylic acids is 1. The molecule has 3 saturated heterocycles. The summed E-state index contributed by atoms with van der Waals surface area (Å²) in [5.74, 6) is 0.864. The number of pyridine rings is 1. The predicted octanol–water partition coefficient (Wildman–Crippen LogP) is 6.57. The normalized spacial score (nSPS) is 22.8. The van der Waals surface area contributed by atoms with Gasteiger partial charge in [-0.25, -0.2) is 9.78 Å². The molecule has 2 bridgehead atoms. The minimum atomic E-state index is -1.13. The Kier molecular flexibility index (Phi) is 9.08. The number of fused-ring (bicyclic) bond motifs is 3. The zero-order valence-electron chi connectivity index (χ0n) is 31.3. The largest absolute Gasteiger partial charge is 0.479 e. The summed E-state index contributed by atoms with van der Waals surface area (Å²) in [5.41, 5.74) is 7.56. The number of piperazine rings is 1. The van der Waals surface area contributed by atoms with Gasteiger partial charge in [0, 0.05) is 80.1 Å². The van der Waals surface area contributed by atoms with E-state index >= 15 is 0 Å². The Hall–Kier alpha value is -3.76. The van der Waals surface area contributed by atoms with Crippen LogP contribution in [-0.4, -0.2) is 88.4 Å². The van der Waals surface area contributed by atoms with E-state index in [9.17, 15) is 9.90 Å². The molecule has 50 heavy (non-hydrogen) atoms. The number of carbonyl (C=O) groups is 1. The van der Waals surface area contributed by atoms with E-state index in [1.807, 2.05) is 33.9 Å². The standard InChI is InChI=1S/C40H55N7O3/c1-25-33(35(45-19-15-40(6,7)16-20-45)34(26(2)42-25)36(37(48)49)50-39(3,4)5)28-9-10-29-22-46(18-14-27(29)21-28)32-13-17-41-38(43-32)47-30-11-12-31(47)24-44(8)23-30/h9-10,13,17,21,30-31,36H,11-12,14-16,18-20,22-24H2,1-8H3,(H,48,49)/t30?,31?,36-/m0/s1. The Morgan fingerprint density at radius 2 is 1.66 bits per heavy atom. The summed E-state index contributed by atoms with van der Waals surface area (Å²) in [6.45, 7) is 19.9. The molecule has 4 aliphatic heterocycles. The highest BCUT2D eigenvalue weighted by molar-refractivity contribution is 5.88. The summed E-state index contributed by atoms with van der Waals surface area (Å²) in [6.07, 6.45) is 6.17. The SMILES string of the molecule is Cc1nc(C)c([C@H](OC(C)(C)C)C(=O)O)c(N2CCC(C)(C)CC2)c1-c1ccc2c(c1)CCN(c1ccnc(N3C4CCC3CN(C)C4)n1)C2. The van der Waals surface area contributed by atoms with Crippen molar-refractivity contribution in [2.24, 2.45) is 5.41 Å². The lowest BCUT2D eigenvalue weighted by Crippen LogP contribution is -2.53. The average molecular weight is 682 g/mol. The van der Waals surface area contributed by atoms with E-state index < -0.39 is 17.7 Å². The first-order chi connectivity index (χ1) is 23.7. The zero-order chi connectivity index (χ0) is 35.5. The molecule has 0 amide bonds. The molecule has 1 N–H and O–H groups in total. The summed E-state index contributed by atoms with van der Waals surface area (Å²) in [7, 11) is 2.22. The van der Waals surface area contributed by atoms with E-state index in [4.69, 9.17) is 19.7 Å². The number of piperidine rings is 1. The second-order valence-electron chi connectivity index (χ2n) is 16.9. The van der Waals surface area contributed by atoms with Gasteiger partial charge in [0.2, 0.25) is 5.95 Å². The molecule has 0 aliphatic carbocycles. The van der Waals surface area contributed by atoms with Crippen molar-refractivity contribution in [3.63, 3.8) is 0 Å². The maximum atomic E-state index is 12.9. The van der Waals surface area contributed by atoms with Crippen LogP contribution < -0.4 is 14.7 Å². The summed E-state index contributed by atoms with van der Waals surface area (Å²) in [4.78, 5) is 37.5. The van der Waals surface area contributed by atoms with Gasteiger partial charge in [0.25, 0.3) is 0 Å². The van der Waals surface area contributed by atoms with E-state index in [0.717, 1.165) is 92.8 Å². The number of hydrogen-bond donors (Lipinski definition) is 1. The minimum Gasteiger partial charge on any atom is -0.479 e. The molecule has 3 aromatic rings. The quantitative estimate of drug-likeness (QED) is 0.295. The molecule has 0 radical (unpaired) electrons. The van der Waals surface area contributed by atoms with E-state index in [0.29, 0.717) is 23.3 Å². The fourth-order valence-electron chi connectivity index (χ4n) is 8.74. The third kappa shape index (κ3) is 6.81. The minimum absolute atomic E-state index is 0.244. The van der Waals surface area contributed by atoms with E-state index in [1.54, 1.807) is 0 Å². The van der Waals surface area contributed by atoms with E-state index in [2.05, 4.69) is 71.7 Å². The zero-order valence-corrected chi connectivity index (χ0v) is 31.3. The van der Waals surface area contributed by atoms with Gasteiger partial charge >= 0.3 is 5.97 Å². The van der Waals surface area contributed by atoms with Crippen LogP contribution >= 0.6 is 0 Å². The molecule has 2 unspecified atom stereocenters. The van der Waals surface area contributed by atoms with Gasteiger partial charge < -0.3 is 29.4 Å². The molecule has 2 aromatic heterocycles. The monoisotopic (exact) mass is 681 g/mol. The van der Waals surface area contributed by atoms with Gasteiger partial charge in [0.1, 0.15) is 5.82 Å². The van der Waals surface area contributed by atoms with Crippen molar-refractivity contribution < 1.29 is 14.6 Å². The van der Waals surface area contributed by atoms with Crippen molar-refractivity contribution >= 4 is 23.4 Å². The van der Waals surface area contributed by atoms with Gasteiger partial charge in [-0.1, -0.05) is 32.0 Å². The number of carboxylic acid groups (broad SMARTS) is 1. The summed E-state index contributed by atoms with van der Waals surface area (Å²) in [6, 6.07) is 9.80. The van der Waals surface area contributed by atoms with Crippen molar-refractivity contribution in [2.75, 3.05) is 54.5 Å². The van der Waals surface area contributed by atoms with Gasteiger partial charge in [0.15, 0.2) is 6.10 Å². The number of likely N-dealkylation sites (N-methyl/N-ethyl adjacent to an activating group) is 1. The van der Waals surface area contributed by atoms with Crippen molar-refractivity contribution in [3.05, 3.63) is 58.5 Å². The highest BCUT2D eigenvalue weighted by Crippen LogP contribution is 2.45. The first-order valence-corrected chi connectivity index (χ1v) is 18.5. The topological polar surface area (TPSA) is 98.2 Å². The Balaban J connectivity index is 1.23. The summed E-state index contributed by atoms with van der Waals surface area (Å²) in [5, 5.41) is 10.6. The van der Waals surface area contributed by atoms with Crippen LogP contribution in [0.2, 0.25) is 0 Å². The van der Waals surface area contributed by atoms with E-state index in [-0.39, 0.29) is 5.41 Å². The predicted molar refractivity (Wildman–Crippen MR) is 199 cm³/mol. The maximum absolute atomic E-state index is 12.9. The molecular weight excluding hydrogens is 626 g/mol. The molecule has 10 heteroatoms. The number of likely N-dealkylation sites (tertiary alicyclic amines) is 1. The van der Waals surface area contributed by atoms with Crippen LogP contribution in [-0.2, 0) is 22.5 Å². The maximum Gasteiger partial charge on any atom is 0.337 e. The van der Waals surface area contributed by atoms with Gasteiger partial charge in [-0.15, -0.1) is 0 Å². The third-order valence-electron chi connectivity index (χ3n) is 11.3. The molecule has 7 rings (SSSR count). The highest BCUT2D eigenvalue weighted by Gasteiger charge is 2.41. The molecule has 4 aliphatic rings. The van der Waals surface area contributed by atoms with Crippen molar-refractivity contribution in [3.8, 4) is 11.1 Å². The van der Waals surface area contributed by atoms with E-state index in [1.165, 1.54) is 24.0 Å². The Labute approximate surface area is 297 Å². The molecular formula is C40H55N7O3. The molecule has 3 fully saturated rings. The fraction of sp³-hybridized carbons (Fsp3) is 0.600. The molecule has 10 nitrogen and oxygen atoms in total. The molecule has 6 heterocycles. The highest BCUT2D eigenvalue weighted by atomic mass is 16.5. The average Bonchev–Trinajstić information content (AvgIpc) is 3.33. The number of anilines is 3. The number of rotatable bonds is 7. The third-order valence-corrected chi connectivity index (χ3v) is 11.3. The number of ether oxygens (including phenoxy) is 1. The number of nitrogens with zero attached hydrogens (tertiary/aromatic N) is 7. The Morgan fingerprint density at radius 1 is 0.960 bits per heavy atom. The fourth-order valence-corrected chi connectivity index (χ4v) is 8.74. The molecule has 3 atom stereocenters. The Bertz CT molecular complexity index is 1740. The van der Waals surface area contributed by atoms with Crippen LogP contribution in [0.15, 0.2) is 30.5 Å². The molecule has 0 saturated carbocycles. The lowest BCUT2D eigenvalue weighted by molar-refractivity contribution is -0.160. The van der Waals surface area contributed by atoms with Crippen molar-refractivity contribution in [1.29, 1.82) is 0 Å². The van der Waals surface area contributed by atoms with Crippen LogP contribution in [0.1, 0.15) is 94.5 Å². The second-order valence-corrected chi connectivity index (χ2v) is 16.9. The number of aryl methyl sites for hydroxylation is 2. The summed E-state index contributed by atoms with van der Waals surface area (Å²) < 4.78 is 6.29. The number of benzene rings is 1. The molecule has 0 spiro atoms. The van der Waals surface area contributed by atoms with Gasteiger partial charge in [0.05, 0.1) is 11.3 Å². The second kappa shape index (κ2) is 13.1. The van der Waals surface area contributed by atoms with Gasteiger partial charge in [-0.3, -0.25) is 4.98 Å². The molecule has 1 aromatic carbocycles. The van der Waals surface area contributed by atoms with Crippen LogP contribution in [0, 0.1) is 19.3 Å². The smallest absolute Gasteiger partial charge is 0.337 e. The number of aromatic nitrogens is 3. The Morgan fingerprint density at radius 3 is 2.32 bits per heavy atom. The van der Waals surface area contributed by atoms with Gasteiger partial charge in [-0.05, 0) is 102 Å². The van der Waals surface area contributed by atoms with Gasteiger partial charge in [-0.2, -0.15) is 4.98 Å². The number of aliphatic carboxylic acids is 1. The number of hydrogen-bond acceptors (Lipinski definition) is 9.